The molecule has 1 radical (unpaired) electrons. The summed E-state index contributed by atoms with van der Waals surface area (Å²) >= 11 is 1.80. The van der Waals surface area contributed by atoms with Gasteiger partial charge in [-0.05, 0) is 56.9 Å². The molecule has 2 aromatic carbocycles. The van der Waals surface area contributed by atoms with E-state index in [9.17, 15) is 9.90 Å². The first-order valence-corrected chi connectivity index (χ1v) is 18.8. The number of aromatic nitrogens is 1. The van der Waals surface area contributed by atoms with Crippen LogP contribution in [-0.4, -0.2) is 15.9 Å². The second kappa shape index (κ2) is 16.9. The number of hydrogen-bond donors (Lipinski definition) is 1. The summed E-state index contributed by atoms with van der Waals surface area (Å²) in [5.41, 5.74) is 5.80. The summed E-state index contributed by atoms with van der Waals surface area (Å²) in [6.07, 6.45) is 9.01. The zero-order chi connectivity index (χ0) is 35.4. The monoisotopic (exact) mass is 859 g/mol. The number of furan rings is 1. The number of benzene rings is 2. The van der Waals surface area contributed by atoms with Crippen LogP contribution in [0.15, 0.2) is 58.8 Å². The molecule has 0 aliphatic heterocycles. The molecule has 0 fully saturated rings. The minimum absolute atomic E-state index is 0. The van der Waals surface area contributed by atoms with Gasteiger partial charge < -0.3 is 9.52 Å². The third-order valence-corrected chi connectivity index (χ3v) is 11.8. The van der Waals surface area contributed by atoms with E-state index in [1.807, 2.05) is 33.9 Å². The summed E-state index contributed by atoms with van der Waals surface area (Å²) in [7, 11) is 0. The average Bonchev–Trinajstić information content (AvgIpc) is 3.61. The van der Waals surface area contributed by atoms with Crippen LogP contribution in [0.3, 0.4) is 0 Å². The molecular formula is C43H56IrNO3S-. The first-order chi connectivity index (χ1) is 22.8. The van der Waals surface area contributed by atoms with Crippen LogP contribution in [0.5, 0.6) is 0 Å². The molecule has 267 valence electrons. The van der Waals surface area contributed by atoms with Crippen molar-refractivity contribution < 1.29 is 34.4 Å². The minimum Gasteiger partial charge on any atom is -0.512 e. The van der Waals surface area contributed by atoms with Crippen molar-refractivity contribution in [1.82, 2.24) is 4.98 Å². The van der Waals surface area contributed by atoms with Gasteiger partial charge in [0.25, 0.3) is 0 Å². The average molecular weight is 859 g/mol. The third-order valence-electron chi connectivity index (χ3n) is 10.4. The molecule has 0 spiro atoms. The number of hydrogen-bond acceptors (Lipinski definition) is 5. The van der Waals surface area contributed by atoms with Crippen molar-refractivity contribution in [3.8, 4) is 11.3 Å². The van der Waals surface area contributed by atoms with E-state index in [4.69, 9.17) is 9.40 Å². The van der Waals surface area contributed by atoms with E-state index in [0.29, 0.717) is 0 Å². The number of allylic oxidation sites excluding steroid dienone is 2. The molecule has 0 saturated heterocycles. The third kappa shape index (κ3) is 8.41. The van der Waals surface area contributed by atoms with Crippen LogP contribution in [0.2, 0.25) is 0 Å². The molecule has 4 nitrogen and oxygen atoms in total. The normalized spacial score (nSPS) is 12.6. The summed E-state index contributed by atoms with van der Waals surface area (Å²) < 4.78 is 8.88. The molecule has 49 heavy (non-hydrogen) atoms. The van der Waals surface area contributed by atoms with E-state index in [0.717, 1.165) is 71.9 Å². The smallest absolute Gasteiger partial charge is 0.162 e. The van der Waals surface area contributed by atoms with Gasteiger partial charge in [0, 0.05) is 71.0 Å². The molecule has 0 bridgehead atoms. The number of aryl methyl sites for hydroxylation is 1. The summed E-state index contributed by atoms with van der Waals surface area (Å²) in [6, 6.07) is 16.8. The largest absolute Gasteiger partial charge is 0.512 e. The van der Waals surface area contributed by atoms with E-state index >= 15 is 0 Å². The van der Waals surface area contributed by atoms with Crippen LogP contribution in [0, 0.1) is 24.8 Å². The Morgan fingerprint density at radius 3 is 2.10 bits per heavy atom. The summed E-state index contributed by atoms with van der Waals surface area (Å²) in [4.78, 5) is 16.6. The number of aliphatic hydroxyl groups is 1. The van der Waals surface area contributed by atoms with Crippen molar-refractivity contribution in [2.75, 3.05) is 0 Å². The van der Waals surface area contributed by atoms with Crippen molar-refractivity contribution in [3.05, 3.63) is 77.4 Å². The molecule has 0 saturated carbocycles. The van der Waals surface area contributed by atoms with Crippen molar-refractivity contribution in [2.45, 2.75) is 126 Å². The topological polar surface area (TPSA) is 63.3 Å². The Morgan fingerprint density at radius 1 is 0.918 bits per heavy atom. The molecule has 6 heteroatoms. The van der Waals surface area contributed by atoms with Gasteiger partial charge in [0.2, 0.25) is 0 Å². The zero-order valence-corrected chi connectivity index (χ0v) is 34.7. The molecule has 0 aliphatic carbocycles. The molecular weight excluding hydrogens is 803 g/mol. The van der Waals surface area contributed by atoms with Gasteiger partial charge in [0.05, 0.1) is 10.5 Å². The Kier molecular flexibility index (Phi) is 14.1. The fraction of sp³-hybridized carbons (Fsp3) is 0.488. The predicted octanol–water partition coefficient (Wildman–Crippen LogP) is 13.2. The fourth-order valence-corrected chi connectivity index (χ4v) is 8.03. The van der Waals surface area contributed by atoms with Gasteiger partial charge in [-0.15, -0.1) is 40.5 Å². The van der Waals surface area contributed by atoms with Crippen LogP contribution in [-0.2, 0) is 35.7 Å². The Morgan fingerprint density at radius 2 is 1.53 bits per heavy atom. The van der Waals surface area contributed by atoms with E-state index in [1.54, 1.807) is 11.3 Å². The summed E-state index contributed by atoms with van der Waals surface area (Å²) in [6.45, 7) is 23.8. The minimum atomic E-state index is -0.0171. The van der Waals surface area contributed by atoms with E-state index in [1.165, 1.54) is 32.0 Å². The summed E-state index contributed by atoms with van der Waals surface area (Å²) in [5.74, 6) is 1.62. The van der Waals surface area contributed by atoms with Crippen LogP contribution < -0.4 is 0 Å². The number of aliphatic hydroxyl groups excluding tert-OH is 1. The van der Waals surface area contributed by atoms with Gasteiger partial charge in [-0.3, -0.25) is 9.78 Å². The first-order valence-electron chi connectivity index (χ1n) is 18.0. The Hall–Kier alpha value is -2.79. The maximum absolute atomic E-state index is 11.7. The second-order valence-electron chi connectivity index (χ2n) is 14.5. The van der Waals surface area contributed by atoms with E-state index in [-0.39, 0.29) is 54.3 Å². The Labute approximate surface area is 312 Å². The van der Waals surface area contributed by atoms with Gasteiger partial charge in [0.1, 0.15) is 5.76 Å². The molecule has 0 amide bonds. The molecule has 1 N–H and O–H groups in total. The SMILES string of the molecule is CCC(C)(CC)c1cc(-c2nccc3c2sc2c(C)c(C(C)(C)C)oc23)[c-]c2ccccc12.CCC(CC)C(=O)/C=C(\O)C(CC)CC.[Ir]. The number of carbonyl (C=O) groups excluding carboxylic acids is 1. The van der Waals surface area contributed by atoms with E-state index in [2.05, 4.69) is 90.9 Å². The van der Waals surface area contributed by atoms with Gasteiger partial charge in [-0.25, -0.2) is 0 Å². The van der Waals surface area contributed by atoms with Crippen LogP contribution in [0.4, 0.5) is 0 Å². The number of nitrogens with zero attached hydrogens (tertiary/aromatic N) is 1. The predicted molar refractivity (Wildman–Crippen MR) is 206 cm³/mol. The van der Waals surface area contributed by atoms with Crippen molar-refractivity contribution in [2.24, 2.45) is 11.8 Å². The van der Waals surface area contributed by atoms with Crippen molar-refractivity contribution in [1.29, 1.82) is 0 Å². The molecule has 0 atom stereocenters. The van der Waals surface area contributed by atoms with E-state index < -0.39 is 0 Å². The summed E-state index contributed by atoms with van der Waals surface area (Å²) in [5, 5.41) is 13.4. The number of pyridine rings is 1. The number of fused-ring (bicyclic) bond motifs is 4. The molecule has 0 aliphatic rings. The van der Waals surface area contributed by atoms with Crippen LogP contribution in [0.1, 0.15) is 125 Å². The maximum atomic E-state index is 11.7. The molecule has 5 aromatic rings. The van der Waals surface area contributed by atoms with Crippen LogP contribution in [0.25, 0.3) is 42.4 Å². The quantitative estimate of drug-likeness (QED) is 0.0816. The van der Waals surface area contributed by atoms with Crippen LogP contribution >= 0.6 is 11.3 Å². The molecule has 3 heterocycles. The fourth-order valence-electron chi connectivity index (χ4n) is 6.81. The van der Waals surface area contributed by atoms with Gasteiger partial charge >= 0.3 is 0 Å². The molecule has 3 aromatic heterocycles. The maximum Gasteiger partial charge on any atom is 0.162 e. The number of thiophene rings is 1. The first kappa shape index (κ1) is 40.6. The zero-order valence-electron chi connectivity index (χ0n) is 31.5. The van der Waals surface area contributed by atoms with Gasteiger partial charge in [0.15, 0.2) is 11.4 Å². The second-order valence-corrected chi connectivity index (χ2v) is 15.5. The number of ketones is 1. The van der Waals surface area contributed by atoms with Gasteiger partial charge in [-0.1, -0.05) is 98.4 Å². The number of rotatable bonds is 11. The standard InChI is InChI=1S/C30H32NOS.C13H24O2.Ir/c1-8-30(7,9-2)23-17-20(16-19-12-10-11-13-21(19)23)24-27-22(14-15-31-24)25-26(33-27)18(3)28(32-25)29(4,5)6;1-5-10(6-2)12(14)9-13(15)11(7-3)8-4;/h10-15,17H,8-9H2,1-7H3;9-11,14H,5-8H2,1-4H3;/q-1;;/b;12-9-;. The Bertz CT molecular complexity index is 1900. The Balaban J connectivity index is 0.000000347. The number of carbonyl (C=O) groups is 1. The molecule has 0 unspecified atom stereocenters. The molecule has 5 rings (SSSR count). The van der Waals surface area contributed by atoms with Gasteiger partial charge in [-0.2, -0.15) is 0 Å². The van der Waals surface area contributed by atoms with Crippen molar-refractivity contribution in [3.63, 3.8) is 0 Å². The van der Waals surface area contributed by atoms with Crippen molar-refractivity contribution >= 4 is 48.3 Å².